The molecule has 0 fully saturated rings. The standard InChI is InChI=1S/C15H13NO3/c1-18-12-7-5-10(6-8-12)15-16-13-4-2-3-11(9-17)14(13)19-15/h2-8,17H,9H2,1H3. The number of benzene rings is 2. The Bertz CT molecular complexity index is 701. The minimum absolute atomic E-state index is 0.0609. The number of aromatic nitrogens is 1. The fourth-order valence-electron chi connectivity index (χ4n) is 1.99. The summed E-state index contributed by atoms with van der Waals surface area (Å²) in [6.07, 6.45) is 0. The molecule has 0 spiro atoms. The Labute approximate surface area is 110 Å². The molecule has 1 aromatic heterocycles. The van der Waals surface area contributed by atoms with E-state index in [-0.39, 0.29) is 6.61 Å². The highest BCUT2D eigenvalue weighted by Gasteiger charge is 2.10. The number of rotatable bonds is 3. The zero-order valence-corrected chi connectivity index (χ0v) is 10.5. The van der Waals surface area contributed by atoms with Gasteiger partial charge in [0.25, 0.3) is 0 Å². The van der Waals surface area contributed by atoms with E-state index in [4.69, 9.17) is 9.15 Å². The number of hydrogen-bond acceptors (Lipinski definition) is 4. The van der Waals surface area contributed by atoms with E-state index in [1.165, 1.54) is 0 Å². The third-order valence-electron chi connectivity index (χ3n) is 3.00. The molecule has 4 nitrogen and oxygen atoms in total. The summed E-state index contributed by atoms with van der Waals surface area (Å²) in [6.45, 7) is -0.0609. The van der Waals surface area contributed by atoms with Crippen LogP contribution in [0.25, 0.3) is 22.6 Å². The summed E-state index contributed by atoms with van der Waals surface area (Å²) in [5.74, 6) is 1.33. The van der Waals surface area contributed by atoms with Crippen LogP contribution in [0.1, 0.15) is 5.56 Å². The molecular formula is C15H13NO3. The summed E-state index contributed by atoms with van der Waals surface area (Å²) < 4.78 is 10.9. The molecule has 0 aliphatic heterocycles. The molecule has 4 heteroatoms. The minimum atomic E-state index is -0.0609. The van der Waals surface area contributed by atoms with Crippen molar-refractivity contribution in [1.82, 2.24) is 4.98 Å². The van der Waals surface area contributed by atoms with Crippen molar-refractivity contribution in [2.75, 3.05) is 7.11 Å². The number of hydrogen-bond donors (Lipinski definition) is 1. The van der Waals surface area contributed by atoms with Crippen LogP contribution in [0.2, 0.25) is 0 Å². The first-order chi connectivity index (χ1) is 9.31. The van der Waals surface area contributed by atoms with Gasteiger partial charge in [-0.25, -0.2) is 4.98 Å². The van der Waals surface area contributed by atoms with Gasteiger partial charge in [0.2, 0.25) is 5.89 Å². The van der Waals surface area contributed by atoms with E-state index in [0.29, 0.717) is 11.5 Å². The molecule has 3 aromatic rings. The second-order valence-electron chi connectivity index (χ2n) is 4.17. The van der Waals surface area contributed by atoms with Gasteiger partial charge in [0.15, 0.2) is 5.58 Å². The van der Waals surface area contributed by atoms with Crippen LogP contribution in [0.5, 0.6) is 5.75 Å². The first-order valence-electron chi connectivity index (χ1n) is 5.95. The van der Waals surface area contributed by atoms with Gasteiger partial charge in [-0.15, -0.1) is 0 Å². The normalized spacial score (nSPS) is 10.8. The van der Waals surface area contributed by atoms with E-state index in [1.807, 2.05) is 42.5 Å². The Morgan fingerprint density at radius 2 is 1.95 bits per heavy atom. The van der Waals surface area contributed by atoms with Gasteiger partial charge in [-0.2, -0.15) is 0 Å². The highest BCUT2D eigenvalue weighted by molar-refractivity contribution is 5.79. The first kappa shape index (κ1) is 11.7. The Morgan fingerprint density at radius 1 is 1.16 bits per heavy atom. The minimum Gasteiger partial charge on any atom is -0.497 e. The molecule has 2 aromatic carbocycles. The Hall–Kier alpha value is -2.33. The van der Waals surface area contributed by atoms with Crippen molar-refractivity contribution in [2.24, 2.45) is 0 Å². The molecular weight excluding hydrogens is 242 g/mol. The van der Waals surface area contributed by atoms with Gasteiger partial charge in [-0.05, 0) is 30.3 Å². The Morgan fingerprint density at radius 3 is 2.63 bits per heavy atom. The van der Waals surface area contributed by atoms with E-state index in [9.17, 15) is 5.11 Å². The van der Waals surface area contributed by atoms with E-state index < -0.39 is 0 Å². The van der Waals surface area contributed by atoms with Crippen LogP contribution >= 0.6 is 0 Å². The average Bonchev–Trinajstić information content (AvgIpc) is 2.91. The fraction of sp³-hybridized carbons (Fsp3) is 0.133. The second-order valence-corrected chi connectivity index (χ2v) is 4.17. The number of fused-ring (bicyclic) bond motifs is 1. The van der Waals surface area contributed by atoms with Crippen LogP contribution in [-0.4, -0.2) is 17.2 Å². The SMILES string of the molecule is COc1ccc(-c2nc3cccc(CO)c3o2)cc1. The quantitative estimate of drug-likeness (QED) is 0.781. The summed E-state index contributed by atoms with van der Waals surface area (Å²) in [7, 11) is 1.63. The molecule has 0 amide bonds. The van der Waals surface area contributed by atoms with Gasteiger partial charge in [-0.3, -0.25) is 0 Å². The van der Waals surface area contributed by atoms with Crippen molar-refractivity contribution in [3.05, 3.63) is 48.0 Å². The predicted molar refractivity (Wildman–Crippen MR) is 71.9 cm³/mol. The van der Waals surface area contributed by atoms with E-state index >= 15 is 0 Å². The van der Waals surface area contributed by atoms with Gasteiger partial charge < -0.3 is 14.3 Å². The van der Waals surface area contributed by atoms with Gasteiger partial charge in [-0.1, -0.05) is 12.1 Å². The summed E-state index contributed by atoms with van der Waals surface area (Å²) in [6, 6.07) is 13.0. The summed E-state index contributed by atoms with van der Waals surface area (Å²) in [5, 5.41) is 9.28. The van der Waals surface area contributed by atoms with Gasteiger partial charge in [0, 0.05) is 11.1 Å². The zero-order chi connectivity index (χ0) is 13.2. The van der Waals surface area contributed by atoms with Crippen LogP contribution < -0.4 is 4.74 Å². The van der Waals surface area contributed by atoms with Gasteiger partial charge in [0.1, 0.15) is 11.3 Å². The molecule has 0 radical (unpaired) electrons. The van der Waals surface area contributed by atoms with Crippen molar-refractivity contribution < 1.29 is 14.3 Å². The number of aliphatic hydroxyl groups is 1. The second kappa shape index (κ2) is 4.74. The third kappa shape index (κ3) is 2.06. The molecule has 0 unspecified atom stereocenters. The summed E-state index contributed by atoms with van der Waals surface area (Å²) in [4.78, 5) is 4.43. The summed E-state index contributed by atoms with van der Waals surface area (Å²) >= 11 is 0. The van der Waals surface area contributed by atoms with Crippen molar-refractivity contribution >= 4 is 11.1 Å². The van der Waals surface area contributed by atoms with E-state index in [2.05, 4.69) is 4.98 Å². The third-order valence-corrected chi connectivity index (χ3v) is 3.00. The van der Waals surface area contributed by atoms with Crippen molar-refractivity contribution in [1.29, 1.82) is 0 Å². The monoisotopic (exact) mass is 255 g/mol. The van der Waals surface area contributed by atoms with E-state index in [1.54, 1.807) is 7.11 Å². The van der Waals surface area contributed by atoms with Crippen molar-refractivity contribution in [3.63, 3.8) is 0 Å². The maximum Gasteiger partial charge on any atom is 0.227 e. The lowest BCUT2D eigenvalue weighted by Gasteiger charge is -1.99. The number of aliphatic hydroxyl groups excluding tert-OH is 1. The number of methoxy groups -OCH3 is 1. The molecule has 0 saturated heterocycles. The fourth-order valence-corrected chi connectivity index (χ4v) is 1.99. The maximum absolute atomic E-state index is 9.28. The number of oxazole rings is 1. The number of ether oxygens (including phenoxy) is 1. The van der Waals surface area contributed by atoms with Crippen LogP contribution in [0, 0.1) is 0 Å². The molecule has 1 N–H and O–H groups in total. The summed E-state index contributed by atoms with van der Waals surface area (Å²) in [5.41, 5.74) is 3.00. The largest absolute Gasteiger partial charge is 0.497 e. The molecule has 0 bridgehead atoms. The molecule has 19 heavy (non-hydrogen) atoms. The number of para-hydroxylation sites is 1. The lowest BCUT2D eigenvalue weighted by molar-refractivity contribution is 0.282. The topological polar surface area (TPSA) is 55.5 Å². The molecule has 0 saturated carbocycles. The molecule has 0 aliphatic rings. The highest BCUT2D eigenvalue weighted by Crippen LogP contribution is 2.27. The Balaban J connectivity index is 2.09. The molecule has 1 heterocycles. The van der Waals surface area contributed by atoms with Crippen molar-refractivity contribution in [2.45, 2.75) is 6.61 Å². The average molecular weight is 255 g/mol. The van der Waals surface area contributed by atoms with Crippen molar-refractivity contribution in [3.8, 4) is 17.2 Å². The first-order valence-corrected chi connectivity index (χ1v) is 5.95. The van der Waals surface area contributed by atoms with Crippen LogP contribution in [0.4, 0.5) is 0 Å². The van der Waals surface area contributed by atoms with Crippen LogP contribution in [0.3, 0.4) is 0 Å². The highest BCUT2D eigenvalue weighted by atomic mass is 16.5. The number of nitrogens with zero attached hydrogens (tertiary/aromatic N) is 1. The maximum atomic E-state index is 9.28. The van der Waals surface area contributed by atoms with E-state index in [0.717, 1.165) is 22.4 Å². The predicted octanol–water partition coefficient (Wildman–Crippen LogP) is 3.00. The lowest BCUT2D eigenvalue weighted by Crippen LogP contribution is -1.82. The van der Waals surface area contributed by atoms with Crippen LogP contribution in [-0.2, 0) is 6.61 Å². The Kier molecular flexibility index (Phi) is 2.93. The zero-order valence-electron chi connectivity index (χ0n) is 10.5. The van der Waals surface area contributed by atoms with Crippen LogP contribution in [0.15, 0.2) is 46.9 Å². The molecule has 3 rings (SSSR count). The smallest absolute Gasteiger partial charge is 0.227 e. The molecule has 96 valence electrons. The lowest BCUT2D eigenvalue weighted by atomic mass is 10.2. The molecule has 0 aliphatic carbocycles. The molecule has 0 atom stereocenters. The van der Waals surface area contributed by atoms with Gasteiger partial charge >= 0.3 is 0 Å². The van der Waals surface area contributed by atoms with Gasteiger partial charge in [0.05, 0.1) is 13.7 Å².